The summed E-state index contributed by atoms with van der Waals surface area (Å²) in [5.41, 5.74) is 0.840. The van der Waals surface area contributed by atoms with Gasteiger partial charge in [-0.2, -0.15) is 0 Å². The molecule has 3 aromatic rings. The van der Waals surface area contributed by atoms with Gasteiger partial charge in [-0.3, -0.25) is 14.8 Å². The maximum Gasteiger partial charge on any atom is 0.168 e. The molecule has 0 saturated heterocycles. The van der Waals surface area contributed by atoms with E-state index >= 15 is 0 Å². The number of halogens is 2. The van der Waals surface area contributed by atoms with Crippen LogP contribution in [0.3, 0.4) is 0 Å². The van der Waals surface area contributed by atoms with E-state index in [2.05, 4.69) is 9.97 Å². The van der Waals surface area contributed by atoms with Gasteiger partial charge < -0.3 is 4.74 Å². The van der Waals surface area contributed by atoms with Gasteiger partial charge in [-0.05, 0) is 24.3 Å². The zero-order valence-electron chi connectivity index (χ0n) is 10.6. The largest absolute Gasteiger partial charge is 0.453 e. The molecule has 0 aliphatic carbocycles. The van der Waals surface area contributed by atoms with Crippen LogP contribution in [0.1, 0.15) is 10.5 Å². The monoisotopic (exact) mass is 286 g/mol. The van der Waals surface area contributed by atoms with E-state index < -0.39 is 11.6 Å². The Morgan fingerprint density at radius 2 is 1.90 bits per heavy atom. The predicted molar refractivity (Wildman–Crippen MR) is 71.4 cm³/mol. The standard InChI is InChI=1S/C15H8F2N2O2/c16-10-1-2-15(13(17)4-10)21-12-3-9-6-18-11(8-20)5-14(9)19-7-12/h1-8H. The Morgan fingerprint density at radius 3 is 2.67 bits per heavy atom. The van der Waals surface area contributed by atoms with E-state index in [-0.39, 0.29) is 17.2 Å². The molecule has 4 nitrogen and oxygen atoms in total. The molecular formula is C15H8F2N2O2. The van der Waals surface area contributed by atoms with Crippen LogP contribution in [-0.2, 0) is 0 Å². The van der Waals surface area contributed by atoms with Gasteiger partial charge in [0.15, 0.2) is 17.9 Å². The summed E-state index contributed by atoms with van der Waals surface area (Å²) >= 11 is 0. The van der Waals surface area contributed by atoms with Crippen LogP contribution in [0.15, 0.2) is 42.7 Å². The Morgan fingerprint density at radius 1 is 1.05 bits per heavy atom. The number of aromatic nitrogens is 2. The fourth-order valence-corrected chi connectivity index (χ4v) is 1.82. The van der Waals surface area contributed by atoms with E-state index in [9.17, 15) is 13.6 Å². The van der Waals surface area contributed by atoms with E-state index in [4.69, 9.17) is 4.74 Å². The summed E-state index contributed by atoms with van der Waals surface area (Å²) < 4.78 is 31.7. The second-order valence-electron chi connectivity index (χ2n) is 4.27. The van der Waals surface area contributed by atoms with Crippen LogP contribution in [0.2, 0.25) is 0 Å². The molecule has 1 aromatic carbocycles. The van der Waals surface area contributed by atoms with Gasteiger partial charge in [0, 0.05) is 17.6 Å². The van der Waals surface area contributed by atoms with Crippen molar-refractivity contribution in [2.24, 2.45) is 0 Å². The van der Waals surface area contributed by atoms with Gasteiger partial charge in [0.25, 0.3) is 0 Å². The van der Waals surface area contributed by atoms with Gasteiger partial charge in [-0.15, -0.1) is 0 Å². The topological polar surface area (TPSA) is 52.1 Å². The number of pyridine rings is 2. The molecule has 0 amide bonds. The van der Waals surface area contributed by atoms with Gasteiger partial charge in [0.2, 0.25) is 0 Å². The first kappa shape index (κ1) is 13.1. The Kier molecular flexibility index (Phi) is 3.27. The third-order valence-corrected chi connectivity index (χ3v) is 2.80. The fraction of sp³-hybridized carbons (Fsp3) is 0. The van der Waals surface area contributed by atoms with E-state index in [1.165, 1.54) is 24.5 Å². The number of fused-ring (bicyclic) bond motifs is 1. The Labute approximate surface area is 118 Å². The molecule has 0 bridgehead atoms. The van der Waals surface area contributed by atoms with Crippen molar-refractivity contribution in [1.29, 1.82) is 0 Å². The van der Waals surface area contributed by atoms with Crippen LogP contribution in [0.5, 0.6) is 11.5 Å². The number of carbonyl (C=O) groups excluding carboxylic acids is 1. The van der Waals surface area contributed by atoms with E-state index in [1.54, 1.807) is 6.07 Å². The third-order valence-electron chi connectivity index (χ3n) is 2.80. The summed E-state index contributed by atoms with van der Waals surface area (Å²) in [6.07, 6.45) is 3.49. The second kappa shape index (κ2) is 5.24. The first-order valence-corrected chi connectivity index (χ1v) is 5.99. The number of carbonyl (C=O) groups is 1. The van der Waals surface area contributed by atoms with Crippen molar-refractivity contribution in [3.63, 3.8) is 0 Å². The molecule has 0 N–H and O–H groups in total. The number of hydrogen-bond acceptors (Lipinski definition) is 4. The number of rotatable bonds is 3. The summed E-state index contributed by atoms with van der Waals surface area (Å²) in [4.78, 5) is 18.7. The molecule has 0 unspecified atom stereocenters. The SMILES string of the molecule is O=Cc1cc2ncc(Oc3ccc(F)cc3F)cc2cn1. The summed E-state index contributed by atoms with van der Waals surface area (Å²) in [7, 11) is 0. The van der Waals surface area contributed by atoms with Crippen LogP contribution in [-0.4, -0.2) is 16.3 Å². The molecule has 0 fully saturated rings. The van der Waals surface area contributed by atoms with Crippen LogP contribution < -0.4 is 4.74 Å². The number of aldehydes is 1. The summed E-state index contributed by atoms with van der Waals surface area (Å²) in [5.74, 6) is -1.30. The maximum atomic E-state index is 13.5. The molecule has 3 rings (SSSR count). The van der Waals surface area contributed by atoms with Crippen LogP contribution in [0.4, 0.5) is 8.78 Å². The van der Waals surface area contributed by atoms with E-state index in [0.29, 0.717) is 17.2 Å². The number of ether oxygens (including phenoxy) is 1. The summed E-state index contributed by atoms with van der Waals surface area (Å²) in [5, 5.41) is 0.639. The second-order valence-corrected chi connectivity index (χ2v) is 4.27. The van der Waals surface area contributed by atoms with Gasteiger partial charge in [-0.1, -0.05) is 0 Å². The number of nitrogens with zero attached hydrogens (tertiary/aromatic N) is 2. The molecule has 0 aliphatic rings. The lowest BCUT2D eigenvalue weighted by Crippen LogP contribution is -1.92. The lowest BCUT2D eigenvalue weighted by molar-refractivity contribution is 0.111. The van der Waals surface area contributed by atoms with Crippen molar-refractivity contribution in [2.75, 3.05) is 0 Å². The van der Waals surface area contributed by atoms with Crippen molar-refractivity contribution in [2.45, 2.75) is 0 Å². The zero-order chi connectivity index (χ0) is 14.8. The Bertz CT molecular complexity index is 837. The number of hydrogen-bond donors (Lipinski definition) is 0. The highest BCUT2D eigenvalue weighted by Crippen LogP contribution is 2.26. The smallest absolute Gasteiger partial charge is 0.168 e. The fourth-order valence-electron chi connectivity index (χ4n) is 1.82. The van der Waals surface area contributed by atoms with Gasteiger partial charge in [0.05, 0.1) is 11.7 Å². The van der Waals surface area contributed by atoms with Crippen molar-refractivity contribution >= 4 is 17.2 Å². The van der Waals surface area contributed by atoms with Crippen LogP contribution >= 0.6 is 0 Å². The molecule has 0 saturated carbocycles. The van der Waals surface area contributed by atoms with Gasteiger partial charge in [0.1, 0.15) is 17.3 Å². The normalized spacial score (nSPS) is 10.6. The van der Waals surface area contributed by atoms with Gasteiger partial charge in [-0.25, -0.2) is 8.78 Å². The average molecular weight is 286 g/mol. The minimum atomic E-state index is -0.801. The van der Waals surface area contributed by atoms with Crippen molar-refractivity contribution in [3.05, 3.63) is 60.1 Å². The van der Waals surface area contributed by atoms with Crippen molar-refractivity contribution in [3.8, 4) is 11.5 Å². The van der Waals surface area contributed by atoms with Crippen molar-refractivity contribution < 1.29 is 18.3 Å². The quantitative estimate of drug-likeness (QED) is 0.691. The highest BCUT2D eigenvalue weighted by molar-refractivity contribution is 5.84. The van der Waals surface area contributed by atoms with Gasteiger partial charge >= 0.3 is 0 Å². The zero-order valence-corrected chi connectivity index (χ0v) is 10.6. The van der Waals surface area contributed by atoms with Crippen molar-refractivity contribution in [1.82, 2.24) is 9.97 Å². The highest BCUT2D eigenvalue weighted by Gasteiger charge is 2.07. The van der Waals surface area contributed by atoms with E-state index in [0.717, 1.165) is 12.1 Å². The Hall–Kier alpha value is -2.89. The summed E-state index contributed by atoms with van der Waals surface area (Å²) in [6.45, 7) is 0. The molecule has 2 heterocycles. The molecule has 21 heavy (non-hydrogen) atoms. The molecule has 6 heteroatoms. The highest BCUT2D eigenvalue weighted by atomic mass is 19.1. The Balaban J connectivity index is 1.95. The van der Waals surface area contributed by atoms with Crippen LogP contribution in [0.25, 0.3) is 10.9 Å². The first-order valence-electron chi connectivity index (χ1n) is 5.99. The third kappa shape index (κ3) is 2.69. The van der Waals surface area contributed by atoms with E-state index in [1.807, 2.05) is 0 Å². The molecule has 0 atom stereocenters. The average Bonchev–Trinajstić information content (AvgIpc) is 2.49. The lowest BCUT2D eigenvalue weighted by atomic mass is 10.2. The molecule has 104 valence electrons. The maximum absolute atomic E-state index is 13.5. The van der Waals surface area contributed by atoms with Crippen LogP contribution in [0, 0.1) is 11.6 Å². The molecule has 0 aliphatic heterocycles. The molecule has 0 spiro atoms. The lowest BCUT2D eigenvalue weighted by Gasteiger charge is -2.07. The first-order chi connectivity index (χ1) is 10.2. The minimum absolute atomic E-state index is 0.102. The summed E-state index contributed by atoms with van der Waals surface area (Å²) in [6, 6.07) is 6.17. The minimum Gasteiger partial charge on any atom is -0.453 e. The predicted octanol–water partition coefficient (Wildman–Crippen LogP) is 3.51. The number of benzene rings is 1. The molecule has 2 aromatic heterocycles. The molecule has 0 radical (unpaired) electrons. The molecular weight excluding hydrogens is 278 g/mol.